The van der Waals surface area contributed by atoms with Gasteiger partial charge in [0, 0.05) is 25.7 Å². The van der Waals surface area contributed by atoms with Crippen molar-refractivity contribution in [3.05, 3.63) is 121 Å². The van der Waals surface area contributed by atoms with Gasteiger partial charge in [-0.1, -0.05) is 163 Å². The molecule has 2 aliphatic rings. The molecule has 2 heterocycles. The zero-order valence-corrected chi connectivity index (χ0v) is 38.5. The monoisotopic (exact) mass is 822 g/mol. The highest BCUT2D eigenvalue weighted by molar-refractivity contribution is 7.00. The van der Waals surface area contributed by atoms with Gasteiger partial charge < -0.3 is 27.8 Å². The summed E-state index contributed by atoms with van der Waals surface area (Å²) in [6, 6.07) is 42.6. The van der Waals surface area contributed by atoms with Crippen LogP contribution in [-0.4, -0.2) is 71.6 Å². The van der Waals surface area contributed by atoms with Crippen molar-refractivity contribution >= 4 is 43.2 Å². The number of benzene rings is 4. The van der Waals surface area contributed by atoms with Crippen LogP contribution in [0.25, 0.3) is 0 Å². The molecular formula is C49H66O7Si2. The molecule has 0 N–H and O–H groups in total. The summed E-state index contributed by atoms with van der Waals surface area (Å²) < 4.78 is 40.4. The Bertz CT molecular complexity index is 1690. The van der Waals surface area contributed by atoms with E-state index in [1.807, 2.05) is 27.7 Å². The maximum absolute atomic E-state index is 14.0. The normalized spacial score (nSPS) is 22.7. The van der Waals surface area contributed by atoms with Crippen molar-refractivity contribution in [2.75, 3.05) is 13.2 Å². The Morgan fingerprint density at radius 2 is 0.759 bits per heavy atom. The third kappa shape index (κ3) is 10.0. The van der Waals surface area contributed by atoms with Gasteiger partial charge in [0.25, 0.3) is 16.6 Å². The van der Waals surface area contributed by atoms with Crippen LogP contribution in [0, 0.1) is 0 Å². The quantitative estimate of drug-likeness (QED) is 0.119. The summed E-state index contributed by atoms with van der Waals surface area (Å²) in [5, 5.41) is 4.57. The molecule has 0 spiro atoms. The Labute approximate surface area is 350 Å². The first-order valence-electron chi connectivity index (χ1n) is 21.1. The fourth-order valence-electron chi connectivity index (χ4n) is 9.44. The summed E-state index contributed by atoms with van der Waals surface area (Å²) in [5.74, 6) is -1.64. The molecule has 2 saturated heterocycles. The van der Waals surface area contributed by atoms with E-state index in [1.165, 1.54) is 20.7 Å². The van der Waals surface area contributed by atoms with Crippen molar-refractivity contribution in [2.45, 2.75) is 141 Å². The van der Waals surface area contributed by atoms with Gasteiger partial charge in [-0.25, -0.2) is 0 Å². The molecule has 58 heavy (non-hydrogen) atoms. The zero-order chi connectivity index (χ0) is 41.8. The molecule has 0 bridgehead atoms. The standard InChI is InChI=1S/C49H66O7Si2/c1-46(2,3)57(42-23-15-11-16-24-42,43-25-17-12-18-26-43)51-35-40-33-38(53-48(7,8)55-40)31-37(50)32-39-34-41(56-49(9,10)54-39)36-52-58(47(4,5)6,44-27-19-13-20-28-44)45-29-21-14-22-30-45/h11-30,38-41H,31-36H2,1-10H3/t38-,39+,40-,41-/m0/s1. The van der Waals surface area contributed by atoms with Crippen molar-refractivity contribution in [1.82, 2.24) is 0 Å². The van der Waals surface area contributed by atoms with Crippen molar-refractivity contribution in [1.29, 1.82) is 0 Å². The maximum Gasteiger partial charge on any atom is 0.261 e. The van der Waals surface area contributed by atoms with Crippen LogP contribution in [0.1, 0.15) is 94.9 Å². The maximum atomic E-state index is 14.0. The lowest BCUT2D eigenvalue weighted by atomic mass is 9.98. The van der Waals surface area contributed by atoms with Gasteiger partial charge in [-0.2, -0.15) is 0 Å². The molecule has 4 atom stereocenters. The topological polar surface area (TPSA) is 72.5 Å². The van der Waals surface area contributed by atoms with E-state index in [0.717, 1.165) is 0 Å². The van der Waals surface area contributed by atoms with Gasteiger partial charge in [0.2, 0.25) is 0 Å². The molecule has 4 aromatic rings. The summed E-state index contributed by atoms with van der Waals surface area (Å²) >= 11 is 0. The van der Waals surface area contributed by atoms with E-state index in [1.54, 1.807) is 0 Å². The van der Waals surface area contributed by atoms with Crippen molar-refractivity contribution in [3.63, 3.8) is 0 Å². The van der Waals surface area contributed by atoms with Crippen molar-refractivity contribution in [2.24, 2.45) is 0 Å². The van der Waals surface area contributed by atoms with Crippen LogP contribution in [0.15, 0.2) is 121 Å². The summed E-state index contributed by atoms with van der Waals surface area (Å²) in [7, 11) is -5.55. The fraction of sp³-hybridized carbons (Fsp3) is 0.490. The molecule has 0 saturated carbocycles. The van der Waals surface area contributed by atoms with E-state index in [-0.39, 0.29) is 53.1 Å². The summed E-state index contributed by atoms with van der Waals surface area (Å²) in [6.45, 7) is 22.2. The van der Waals surface area contributed by atoms with Crippen LogP contribution in [0.2, 0.25) is 10.1 Å². The summed E-state index contributed by atoms with van der Waals surface area (Å²) in [6.07, 6.45) is 0.538. The first-order valence-corrected chi connectivity index (χ1v) is 24.9. The van der Waals surface area contributed by atoms with Crippen LogP contribution in [0.5, 0.6) is 0 Å². The fourth-order valence-corrected chi connectivity index (χ4v) is 18.6. The number of Topliss-reactive ketones (excluding diaryl/α,β-unsaturated/α-hetero) is 1. The van der Waals surface area contributed by atoms with Gasteiger partial charge in [-0.3, -0.25) is 4.79 Å². The first-order chi connectivity index (χ1) is 27.3. The van der Waals surface area contributed by atoms with Gasteiger partial charge in [0.15, 0.2) is 11.6 Å². The number of ketones is 1. The van der Waals surface area contributed by atoms with Gasteiger partial charge in [-0.05, 0) is 58.5 Å². The molecule has 7 nitrogen and oxygen atoms in total. The average Bonchev–Trinajstić information content (AvgIpc) is 3.15. The van der Waals surface area contributed by atoms with Crippen LogP contribution in [0.3, 0.4) is 0 Å². The Morgan fingerprint density at radius 3 is 1.02 bits per heavy atom. The molecule has 2 fully saturated rings. The molecule has 0 unspecified atom stereocenters. The van der Waals surface area contributed by atoms with Crippen molar-refractivity contribution in [3.8, 4) is 0 Å². The second-order valence-corrected chi connectivity index (χ2v) is 27.7. The number of hydrogen-bond acceptors (Lipinski definition) is 7. The van der Waals surface area contributed by atoms with Crippen molar-refractivity contribution < 1.29 is 32.6 Å². The Balaban J connectivity index is 1.14. The Morgan fingerprint density at radius 1 is 0.500 bits per heavy atom. The van der Waals surface area contributed by atoms with Crippen LogP contribution < -0.4 is 20.7 Å². The minimum atomic E-state index is -2.78. The van der Waals surface area contributed by atoms with Crippen LogP contribution in [0.4, 0.5) is 0 Å². The van der Waals surface area contributed by atoms with E-state index in [4.69, 9.17) is 27.8 Å². The van der Waals surface area contributed by atoms with Gasteiger partial charge in [0.1, 0.15) is 5.78 Å². The van der Waals surface area contributed by atoms with E-state index < -0.39 is 28.2 Å². The van der Waals surface area contributed by atoms with Gasteiger partial charge in [0.05, 0.1) is 37.6 Å². The third-order valence-corrected chi connectivity index (χ3v) is 21.6. The molecule has 2 aliphatic heterocycles. The Hall–Kier alpha value is -3.26. The number of carbonyl (C=O) groups excluding carboxylic acids is 1. The van der Waals surface area contributed by atoms with E-state index in [2.05, 4.69) is 163 Å². The predicted octanol–water partition coefficient (Wildman–Crippen LogP) is 8.31. The molecule has 9 heteroatoms. The lowest BCUT2D eigenvalue weighted by Crippen LogP contribution is -2.67. The van der Waals surface area contributed by atoms with Gasteiger partial charge in [-0.15, -0.1) is 0 Å². The molecule has 0 aliphatic carbocycles. The zero-order valence-electron chi connectivity index (χ0n) is 36.5. The highest BCUT2D eigenvalue weighted by Gasteiger charge is 2.52. The van der Waals surface area contributed by atoms with Crippen LogP contribution in [-0.2, 0) is 32.6 Å². The van der Waals surface area contributed by atoms with Gasteiger partial charge >= 0.3 is 0 Å². The first kappa shape index (κ1) is 44.3. The smallest absolute Gasteiger partial charge is 0.261 e. The molecule has 4 aromatic carbocycles. The lowest BCUT2D eigenvalue weighted by molar-refractivity contribution is -0.305. The number of ether oxygens (including phenoxy) is 4. The average molecular weight is 823 g/mol. The molecular weight excluding hydrogens is 757 g/mol. The highest BCUT2D eigenvalue weighted by atomic mass is 28.4. The molecule has 0 aromatic heterocycles. The summed E-state index contributed by atoms with van der Waals surface area (Å²) in [4.78, 5) is 14.0. The largest absolute Gasteiger partial charge is 0.405 e. The molecule has 0 radical (unpaired) electrons. The summed E-state index contributed by atoms with van der Waals surface area (Å²) in [5.41, 5.74) is 0. The number of hydrogen-bond donors (Lipinski definition) is 0. The lowest BCUT2D eigenvalue weighted by Gasteiger charge is -2.46. The second kappa shape index (κ2) is 17.8. The minimum Gasteiger partial charge on any atom is -0.405 e. The molecule has 0 amide bonds. The molecule has 312 valence electrons. The molecule has 6 rings (SSSR count). The Kier molecular flexibility index (Phi) is 13.6. The number of carbonyl (C=O) groups is 1. The SMILES string of the molecule is CC1(C)O[C@H](CO[Si](c2ccccc2)(c2ccccc2)C(C)(C)C)C[C@@H](CC(=O)C[C@H]2C[C@@H](CO[Si](c3ccccc3)(c3ccccc3)C(C)(C)C)OC(C)(C)O2)O1. The third-order valence-electron chi connectivity index (χ3n) is 11.6. The second-order valence-electron chi connectivity index (χ2n) is 19.1. The van der Waals surface area contributed by atoms with E-state index in [0.29, 0.717) is 26.1 Å². The minimum absolute atomic E-state index is 0.101. The van der Waals surface area contributed by atoms with E-state index >= 15 is 0 Å². The predicted molar refractivity (Wildman–Crippen MR) is 238 cm³/mol. The van der Waals surface area contributed by atoms with E-state index in [9.17, 15) is 4.79 Å². The van der Waals surface area contributed by atoms with Crippen LogP contribution >= 0.6 is 0 Å². The number of rotatable bonds is 14. The highest BCUT2D eigenvalue weighted by Crippen LogP contribution is 2.40.